The highest BCUT2D eigenvalue weighted by Crippen LogP contribution is 2.41. The molecular formula is C17H26N2. The third-order valence-corrected chi connectivity index (χ3v) is 5.26. The molecule has 2 aliphatic carbocycles. The number of nitrogens with two attached hydrogens (primary N) is 1. The summed E-state index contributed by atoms with van der Waals surface area (Å²) < 4.78 is 0. The Balaban J connectivity index is 1.62. The number of hydrazine groups is 1. The quantitative estimate of drug-likeness (QED) is 0.642. The minimum atomic E-state index is 0.501. The van der Waals surface area contributed by atoms with E-state index in [1.807, 2.05) is 0 Å². The standard InChI is InChI=1S/C17H26N2/c1-12-5-4-7-14(9-12)17(19-18)11-15-10-13-6-2-3-8-16(13)15/h2-3,6,8,12,14-15,17,19H,4-5,7,9-11,18H2,1H3. The third kappa shape index (κ3) is 2.70. The predicted molar refractivity (Wildman–Crippen MR) is 79.7 cm³/mol. The van der Waals surface area contributed by atoms with Crippen LogP contribution in [0.25, 0.3) is 0 Å². The molecule has 0 spiro atoms. The second kappa shape index (κ2) is 5.64. The molecule has 0 amide bonds. The molecule has 2 nitrogen and oxygen atoms in total. The predicted octanol–water partition coefficient (Wildman–Crippen LogP) is 3.37. The van der Waals surface area contributed by atoms with Crippen molar-refractivity contribution in [2.45, 2.75) is 57.4 Å². The van der Waals surface area contributed by atoms with Gasteiger partial charge in [0.15, 0.2) is 0 Å². The third-order valence-electron chi connectivity index (χ3n) is 5.26. The maximum atomic E-state index is 5.85. The zero-order valence-corrected chi connectivity index (χ0v) is 11.9. The summed E-state index contributed by atoms with van der Waals surface area (Å²) in [5.74, 6) is 8.23. The van der Waals surface area contributed by atoms with E-state index in [4.69, 9.17) is 5.84 Å². The highest BCUT2D eigenvalue weighted by Gasteiger charge is 2.32. The lowest BCUT2D eigenvalue weighted by Crippen LogP contribution is -2.44. The van der Waals surface area contributed by atoms with Crippen LogP contribution in [0.5, 0.6) is 0 Å². The molecule has 2 heteroatoms. The zero-order valence-electron chi connectivity index (χ0n) is 11.9. The first-order valence-electron chi connectivity index (χ1n) is 7.82. The first-order chi connectivity index (χ1) is 9.28. The van der Waals surface area contributed by atoms with Crippen LogP contribution in [0.1, 0.15) is 56.1 Å². The molecule has 0 aliphatic heterocycles. The molecule has 1 aromatic carbocycles. The molecule has 2 aliphatic rings. The van der Waals surface area contributed by atoms with Crippen LogP contribution in [0.2, 0.25) is 0 Å². The summed E-state index contributed by atoms with van der Waals surface area (Å²) in [4.78, 5) is 0. The lowest BCUT2D eigenvalue weighted by molar-refractivity contribution is 0.206. The van der Waals surface area contributed by atoms with Crippen LogP contribution in [0, 0.1) is 11.8 Å². The number of rotatable bonds is 4. The molecule has 19 heavy (non-hydrogen) atoms. The van der Waals surface area contributed by atoms with Gasteiger partial charge in [0.25, 0.3) is 0 Å². The normalized spacial score (nSPS) is 31.4. The fourth-order valence-corrected chi connectivity index (χ4v) is 4.12. The molecule has 1 aromatic rings. The van der Waals surface area contributed by atoms with Gasteiger partial charge in [0.05, 0.1) is 0 Å². The van der Waals surface area contributed by atoms with E-state index in [9.17, 15) is 0 Å². The molecule has 104 valence electrons. The first-order valence-corrected chi connectivity index (χ1v) is 7.82. The van der Waals surface area contributed by atoms with Crippen molar-refractivity contribution >= 4 is 0 Å². The van der Waals surface area contributed by atoms with Gasteiger partial charge in [-0.25, -0.2) is 0 Å². The van der Waals surface area contributed by atoms with Gasteiger partial charge in [-0.1, -0.05) is 44.0 Å². The van der Waals surface area contributed by atoms with Crippen LogP contribution < -0.4 is 11.3 Å². The Kier molecular flexibility index (Phi) is 3.90. The Morgan fingerprint density at radius 1 is 1.32 bits per heavy atom. The van der Waals surface area contributed by atoms with Crippen molar-refractivity contribution in [3.8, 4) is 0 Å². The van der Waals surface area contributed by atoms with Crippen LogP contribution in [0.4, 0.5) is 0 Å². The topological polar surface area (TPSA) is 38.0 Å². The van der Waals surface area contributed by atoms with Gasteiger partial charge in [-0.05, 0) is 54.6 Å². The Morgan fingerprint density at radius 2 is 2.16 bits per heavy atom. The first kappa shape index (κ1) is 13.1. The highest BCUT2D eigenvalue weighted by atomic mass is 15.2. The van der Waals surface area contributed by atoms with Crippen LogP contribution in [-0.4, -0.2) is 6.04 Å². The second-order valence-corrected chi connectivity index (χ2v) is 6.64. The minimum absolute atomic E-state index is 0.501. The molecular weight excluding hydrogens is 232 g/mol. The second-order valence-electron chi connectivity index (χ2n) is 6.64. The van der Waals surface area contributed by atoms with Crippen molar-refractivity contribution in [2.24, 2.45) is 17.7 Å². The SMILES string of the molecule is CC1CCCC(C(CC2Cc3ccccc32)NN)C1. The largest absolute Gasteiger partial charge is 0.271 e. The van der Waals surface area contributed by atoms with E-state index in [1.54, 1.807) is 11.1 Å². The van der Waals surface area contributed by atoms with Gasteiger partial charge in [0.1, 0.15) is 0 Å². The fourth-order valence-electron chi connectivity index (χ4n) is 4.12. The summed E-state index contributed by atoms with van der Waals surface area (Å²) in [5, 5.41) is 0. The average molecular weight is 258 g/mol. The monoisotopic (exact) mass is 258 g/mol. The van der Waals surface area contributed by atoms with E-state index in [0.29, 0.717) is 6.04 Å². The smallest absolute Gasteiger partial charge is 0.0244 e. The summed E-state index contributed by atoms with van der Waals surface area (Å²) in [6.07, 6.45) is 7.95. The van der Waals surface area contributed by atoms with Crippen molar-refractivity contribution in [3.63, 3.8) is 0 Å². The van der Waals surface area contributed by atoms with Gasteiger partial charge < -0.3 is 0 Å². The van der Waals surface area contributed by atoms with Gasteiger partial charge in [-0.15, -0.1) is 0 Å². The average Bonchev–Trinajstić information content (AvgIpc) is 2.40. The molecule has 3 rings (SSSR count). The van der Waals surface area contributed by atoms with Gasteiger partial charge in [-0.3, -0.25) is 11.3 Å². The van der Waals surface area contributed by atoms with Gasteiger partial charge in [0, 0.05) is 6.04 Å². The van der Waals surface area contributed by atoms with E-state index in [1.165, 1.54) is 38.5 Å². The number of nitrogens with one attached hydrogen (secondary N) is 1. The van der Waals surface area contributed by atoms with Crippen LogP contribution in [-0.2, 0) is 6.42 Å². The molecule has 3 N–H and O–H groups in total. The molecule has 0 heterocycles. The van der Waals surface area contributed by atoms with E-state index in [-0.39, 0.29) is 0 Å². The van der Waals surface area contributed by atoms with Gasteiger partial charge in [0.2, 0.25) is 0 Å². The Hall–Kier alpha value is -0.860. The van der Waals surface area contributed by atoms with Gasteiger partial charge >= 0.3 is 0 Å². The number of hydrogen-bond donors (Lipinski definition) is 2. The van der Waals surface area contributed by atoms with Crippen molar-refractivity contribution in [1.29, 1.82) is 0 Å². The zero-order chi connectivity index (χ0) is 13.2. The van der Waals surface area contributed by atoms with Crippen LogP contribution in [0.3, 0.4) is 0 Å². The maximum Gasteiger partial charge on any atom is 0.0244 e. The lowest BCUT2D eigenvalue weighted by atomic mass is 9.70. The van der Waals surface area contributed by atoms with Crippen molar-refractivity contribution in [1.82, 2.24) is 5.43 Å². The summed E-state index contributed by atoms with van der Waals surface area (Å²) in [5.41, 5.74) is 6.23. The summed E-state index contributed by atoms with van der Waals surface area (Å²) in [6, 6.07) is 9.37. The molecule has 1 saturated carbocycles. The van der Waals surface area contributed by atoms with Crippen molar-refractivity contribution in [3.05, 3.63) is 35.4 Å². The summed E-state index contributed by atoms with van der Waals surface area (Å²) >= 11 is 0. The van der Waals surface area contributed by atoms with Crippen LogP contribution >= 0.6 is 0 Å². The molecule has 4 unspecified atom stereocenters. The van der Waals surface area contributed by atoms with E-state index < -0.39 is 0 Å². The number of benzene rings is 1. The summed E-state index contributed by atoms with van der Waals surface area (Å²) in [6.45, 7) is 2.39. The Labute approximate surface area is 116 Å². The molecule has 0 saturated heterocycles. The molecule has 0 radical (unpaired) electrons. The minimum Gasteiger partial charge on any atom is -0.271 e. The molecule has 1 fully saturated rings. The Bertz CT molecular complexity index is 429. The van der Waals surface area contributed by atoms with Crippen molar-refractivity contribution in [2.75, 3.05) is 0 Å². The van der Waals surface area contributed by atoms with E-state index in [2.05, 4.69) is 36.6 Å². The Morgan fingerprint density at radius 3 is 2.89 bits per heavy atom. The van der Waals surface area contributed by atoms with E-state index in [0.717, 1.165) is 17.8 Å². The van der Waals surface area contributed by atoms with E-state index >= 15 is 0 Å². The van der Waals surface area contributed by atoms with Gasteiger partial charge in [-0.2, -0.15) is 0 Å². The fraction of sp³-hybridized carbons (Fsp3) is 0.647. The lowest BCUT2D eigenvalue weighted by Gasteiger charge is -2.38. The molecule has 4 atom stereocenters. The highest BCUT2D eigenvalue weighted by molar-refractivity contribution is 5.39. The van der Waals surface area contributed by atoms with Crippen LogP contribution in [0.15, 0.2) is 24.3 Å². The molecule has 0 bridgehead atoms. The summed E-state index contributed by atoms with van der Waals surface area (Å²) in [7, 11) is 0. The molecule has 0 aromatic heterocycles. The number of fused-ring (bicyclic) bond motifs is 1. The van der Waals surface area contributed by atoms with Crippen molar-refractivity contribution < 1.29 is 0 Å². The maximum absolute atomic E-state index is 5.85. The number of hydrogen-bond acceptors (Lipinski definition) is 2.